The van der Waals surface area contributed by atoms with Crippen LogP contribution in [0.25, 0.3) is 0 Å². The minimum Gasteiger partial charge on any atom is -0.495 e. The first-order valence-corrected chi connectivity index (χ1v) is 15.4. The fourth-order valence-corrected chi connectivity index (χ4v) is 4.22. The number of rotatable bonds is 10. The Morgan fingerprint density at radius 2 is 1.68 bits per heavy atom. The predicted molar refractivity (Wildman–Crippen MR) is 143 cm³/mol. The second-order valence-corrected chi connectivity index (χ2v) is 12.1. The molecule has 3 N–H and O–H groups in total. The van der Waals surface area contributed by atoms with Crippen LogP contribution in [0, 0.1) is 0 Å². The Balaban J connectivity index is 0.000000877. The minimum atomic E-state index is -3.67. The number of anilines is 1. The Bertz CT molecular complexity index is 1220. The lowest BCUT2D eigenvalue weighted by Crippen LogP contribution is -2.39. The summed E-state index contributed by atoms with van der Waals surface area (Å²) in [6.07, 6.45) is 4.36. The van der Waals surface area contributed by atoms with Crippen molar-refractivity contribution in [2.75, 3.05) is 51.7 Å². The normalized spacial score (nSPS) is 14.8. The van der Waals surface area contributed by atoms with Crippen molar-refractivity contribution in [3.8, 4) is 5.75 Å². The third kappa shape index (κ3) is 11.5. The quantitative estimate of drug-likeness (QED) is 0.295. The molecule has 13 heteroatoms. The lowest BCUT2D eigenvalue weighted by Gasteiger charge is -2.32. The van der Waals surface area contributed by atoms with Crippen LogP contribution >= 0.6 is 0 Å². The molecule has 1 heterocycles. The average Bonchev–Trinajstić information content (AvgIpc) is 3.33. The van der Waals surface area contributed by atoms with Gasteiger partial charge in [-0.15, -0.1) is 4.83 Å². The number of likely N-dealkylation sites (tertiary alicyclic amines) is 1. The Hall–Kier alpha value is -2.71. The topological polar surface area (TPSA) is 145 Å². The van der Waals surface area contributed by atoms with Crippen LogP contribution in [0.5, 0.6) is 5.75 Å². The Labute approximate surface area is 219 Å². The first kappa shape index (κ1) is 30.5. The zero-order chi connectivity index (χ0) is 27.6. The van der Waals surface area contributed by atoms with Crippen molar-refractivity contribution in [2.45, 2.75) is 25.3 Å². The summed E-state index contributed by atoms with van der Waals surface area (Å²) in [5, 5.41) is 0. The molecule has 0 aliphatic carbocycles. The summed E-state index contributed by atoms with van der Waals surface area (Å²) in [5.41, 5.74) is 4.97. The van der Waals surface area contributed by atoms with Crippen LogP contribution < -0.4 is 15.0 Å². The summed E-state index contributed by atoms with van der Waals surface area (Å²) in [6.45, 7) is 2.93. The molecule has 11 nitrogen and oxygen atoms in total. The molecule has 0 saturated carbocycles. The predicted octanol–water partition coefficient (Wildman–Crippen LogP) is 1.91. The molecule has 1 aliphatic heterocycles. The fourth-order valence-electron chi connectivity index (χ4n) is 3.92. The zero-order valence-electron chi connectivity index (χ0n) is 21.5. The van der Waals surface area contributed by atoms with E-state index in [0.29, 0.717) is 17.7 Å². The van der Waals surface area contributed by atoms with Gasteiger partial charge in [0.15, 0.2) is 0 Å². The molecule has 0 aromatic heterocycles. The van der Waals surface area contributed by atoms with E-state index in [2.05, 4.69) is 27.3 Å². The summed E-state index contributed by atoms with van der Waals surface area (Å²) >= 11 is 0. The van der Waals surface area contributed by atoms with Gasteiger partial charge >= 0.3 is 0 Å². The van der Waals surface area contributed by atoms with Crippen LogP contribution in [0.1, 0.15) is 30.0 Å². The smallest absolute Gasteiger partial charge is 0.261 e. The molecule has 2 aromatic rings. The van der Waals surface area contributed by atoms with E-state index >= 15 is 0 Å². The first-order valence-electron chi connectivity index (χ1n) is 11.6. The maximum absolute atomic E-state index is 13.2. The molecule has 0 radical (unpaired) electrons. The van der Waals surface area contributed by atoms with Crippen molar-refractivity contribution < 1.29 is 30.9 Å². The van der Waals surface area contributed by atoms with Crippen molar-refractivity contribution in [3.63, 3.8) is 0 Å². The van der Waals surface area contributed by atoms with E-state index < -0.39 is 20.1 Å². The molecule has 1 saturated heterocycles. The number of sulfonamides is 1. The number of benzene rings is 2. The molecule has 1 aliphatic rings. The number of hydrogen-bond acceptors (Lipinski definition) is 8. The van der Waals surface area contributed by atoms with Crippen LogP contribution in [0.2, 0.25) is 0 Å². The zero-order valence-corrected chi connectivity index (χ0v) is 23.2. The van der Waals surface area contributed by atoms with Gasteiger partial charge in [0.1, 0.15) is 5.75 Å². The van der Waals surface area contributed by atoms with Crippen molar-refractivity contribution in [3.05, 3.63) is 59.7 Å². The maximum Gasteiger partial charge on any atom is 0.261 e. The van der Waals surface area contributed by atoms with Crippen molar-refractivity contribution in [1.82, 2.24) is 14.6 Å². The third-order valence-electron chi connectivity index (χ3n) is 5.67. The first-order chi connectivity index (χ1) is 17.3. The molecule has 2 aromatic carbocycles. The number of ether oxygens (including phenoxy) is 1. The van der Waals surface area contributed by atoms with E-state index in [-0.39, 0.29) is 18.4 Å². The second-order valence-electron chi connectivity index (χ2n) is 8.88. The summed E-state index contributed by atoms with van der Waals surface area (Å²) < 4.78 is 54.0. The van der Waals surface area contributed by atoms with Gasteiger partial charge in [0.25, 0.3) is 10.1 Å². The Morgan fingerprint density at radius 3 is 2.22 bits per heavy atom. The number of likely N-dealkylation sites (N-methyl/N-ethyl adjacent to an activating group) is 1. The second kappa shape index (κ2) is 13.7. The SMILES string of the molecule is COc1ccc(CC(=O)N(C)[C@H](CN2CCCC2)c2ccccc2)cc1NNS(C)(=O)=O.CS(=O)(=O)O. The summed E-state index contributed by atoms with van der Waals surface area (Å²) in [5.74, 6) is 0.465. The van der Waals surface area contributed by atoms with Crippen LogP contribution in [-0.2, 0) is 31.4 Å². The van der Waals surface area contributed by atoms with E-state index in [4.69, 9.17) is 9.29 Å². The molecule has 1 fully saturated rings. The van der Waals surface area contributed by atoms with E-state index in [1.54, 1.807) is 12.1 Å². The van der Waals surface area contributed by atoms with Crippen molar-refractivity contribution >= 4 is 31.7 Å². The summed E-state index contributed by atoms with van der Waals surface area (Å²) in [6, 6.07) is 15.3. The lowest BCUT2D eigenvalue weighted by atomic mass is 10.0. The largest absolute Gasteiger partial charge is 0.495 e. The highest BCUT2D eigenvalue weighted by atomic mass is 32.2. The van der Waals surface area contributed by atoms with Gasteiger partial charge in [-0.2, -0.15) is 8.42 Å². The number of carbonyl (C=O) groups excluding carboxylic acids is 1. The number of amides is 1. The Morgan fingerprint density at radius 1 is 1.08 bits per heavy atom. The van der Waals surface area contributed by atoms with Gasteiger partial charge in [-0.05, 0) is 49.2 Å². The molecule has 1 atom stereocenters. The number of methoxy groups -OCH3 is 1. The van der Waals surface area contributed by atoms with Crippen molar-refractivity contribution in [2.24, 2.45) is 0 Å². The lowest BCUT2D eigenvalue weighted by molar-refractivity contribution is -0.131. The molecular formula is C24H36N4O7S2. The van der Waals surface area contributed by atoms with Crippen molar-refractivity contribution in [1.29, 1.82) is 0 Å². The van der Waals surface area contributed by atoms with Crippen LogP contribution in [0.4, 0.5) is 5.69 Å². The van der Waals surface area contributed by atoms with E-state index in [1.807, 2.05) is 36.2 Å². The number of nitrogens with one attached hydrogen (secondary N) is 2. The molecule has 0 bridgehead atoms. The van der Waals surface area contributed by atoms with Gasteiger partial charge in [-0.3, -0.25) is 9.35 Å². The number of hydrogen-bond donors (Lipinski definition) is 3. The number of hydrazine groups is 1. The van der Waals surface area contributed by atoms with Gasteiger partial charge in [0.05, 0.1) is 37.8 Å². The molecular weight excluding hydrogens is 520 g/mol. The fraction of sp³-hybridized carbons (Fsp3) is 0.458. The third-order valence-corrected chi connectivity index (χ3v) is 6.14. The van der Waals surface area contributed by atoms with Gasteiger partial charge in [-0.25, -0.2) is 8.42 Å². The molecule has 0 unspecified atom stereocenters. The molecule has 37 heavy (non-hydrogen) atoms. The van der Waals surface area contributed by atoms with E-state index in [9.17, 15) is 21.6 Å². The highest BCUT2D eigenvalue weighted by Gasteiger charge is 2.25. The molecule has 1 amide bonds. The van der Waals surface area contributed by atoms with Crippen LogP contribution in [-0.4, -0.2) is 83.4 Å². The number of carbonyl (C=O) groups is 1. The number of nitrogens with zero attached hydrogens (tertiary/aromatic N) is 2. The van der Waals surface area contributed by atoms with Gasteiger partial charge < -0.3 is 20.0 Å². The van der Waals surface area contributed by atoms with E-state index in [0.717, 1.165) is 37.0 Å². The van der Waals surface area contributed by atoms with Gasteiger partial charge in [-0.1, -0.05) is 36.4 Å². The molecule has 206 valence electrons. The minimum absolute atomic E-state index is 0.00904. The molecule has 0 spiro atoms. The highest BCUT2D eigenvalue weighted by Crippen LogP contribution is 2.27. The molecule has 3 rings (SSSR count). The standard InChI is InChI=1S/C23H32N4O4S.CH4O3S/c1-26(21(17-27-13-7-8-14-27)19-9-5-4-6-10-19)23(28)16-18-11-12-22(31-2)20(15-18)24-25-32(3,29)30;1-5(2,3)4/h4-6,9-12,15,21,24-25H,7-8,13-14,16-17H2,1-3H3;1H3,(H,2,3,4)/t21-;/m1./s1. The van der Waals surface area contributed by atoms with Crippen LogP contribution in [0.3, 0.4) is 0 Å². The average molecular weight is 557 g/mol. The van der Waals surface area contributed by atoms with Crippen LogP contribution in [0.15, 0.2) is 48.5 Å². The van der Waals surface area contributed by atoms with E-state index in [1.165, 1.54) is 20.0 Å². The highest BCUT2D eigenvalue weighted by molar-refractivity contribution is 7.88. The summed E-state index contributed by atoms with van der Waals surface area (Å²) in [7, 11) is -3.76. The Kier molecular flexibility index (Phi) is 11.3. The van der Waals surface area contributed by atoms with Gasteiger partial charge in [0, 0.05) is 13.6 Å². The van der Waals surface area contributed by atoms with Gasteiger partial charge in [0.2, 0.25) is 15.9 Å². The monoisotopic (exact) mass is 556 g/mol. The maximum atomic E-state index is 13.2. The summed E-state index contributed by atoms with van der Waals surface area (Å²) in [4.78, 5) is 19.7.